The number of rotatable bonds is 2. The topological polar surface area (TPSA) is 64.0 Å². The van der Waals surface area contributed by atoms with Crippen molar-refractivity contribution in [3.63, 3.8) is 0 Å². The van der Waals surface area contributed by atoms with Crippen LogP contribution in [0.5, 0.6) is 0 Å². The second kappa shape index (κ2) is 5.65. The number of piperidine rings is 1. The van der Waals surface area contributed by atoms with Crippen molar-refractivity contribution in [2.75, 3.05) is 31.2 Å². The largest absolute Gasteiger partial charge is 0.396 e. The molecule has 1 amide bonds. The second-order valence-corrected chi connectivity index (χ2v) is 8.28. The molecule has 1 aliphatic carbocycles. The van der Waals surface area contributed by atoms with Crippen LogP contribution in [0.1, 0.15) is 25.3 Å². The number of carbonyl (C=O) groups excluding carboxylic acids is 1. The number of aliphatic hydroxyl groups excluding tert-OH is 2. The fourth-order valence-corrected chi connectivity index (χ4v) is 6.71. The molecule has 0 radical (unpaired) electrons. The van der Waals surface area contributed by atoms with Gasteiger partial charge in [0, 0.05) is 43.1 Å². The Labute approximate surface area is 153 Å². The maximum atomic E-state index is 12.7. The molecule has 1 aromatic carbocycles. The average Bonchev–Trinajstić information content (AvgIpc) is 3.17. The average molecular weight is 354 g/mol. The maximum absolute atomic E-state index is 12.7. The third-order valence-electron chi connectivity index (χ3n) is 7.48. The summed E-state index contributed by atoms with van der Waals surface area (Å²) < 4.78 is 0. The molecule has 5 unspecified atom stereocenters. The van der Waals surface area contributed by atoms with Gasteiger partial charge in [-0.1, -0.05) is 29.8 Å². The molecule has 1 spiro atoms. The Hall–Kier alpha value is -1.69. The molecule has 5 nitrogen and oxygen atoms in total. The van der Waals surface area contributed by atoms with Crippen LogP contribution in [0.4, 0.5) is 5.69 Å². The molecular formula is C21H26N2O3. The summed E-state index contributed by atoms with van der Waals surface area (Å²) in [7, 11) is 0. The predicted octanol–water partition coefficient (Wildman–Crippen LogP) is 1.29. The Morgan fingerprint density at radius 3 is 2.88 bits per heavy atom. The van der Waals surface area contributed by atoms with Gasteiger partial charge < -0.3 is 15.1 Å². The zero-order valence-electron chi connectivity index (χ0n) is 15.1. The van der Waals surface area contributed by atoms with E-state index in [0.717, 1.165) is 31.6 Å². The molecule has 2 N–H and O–H groups in total. The molecule has 3 aliphatic heterocycles. The minimum Gasteiger partial charge on any atom is -0.396 e. The molecule has 5 rings (SSSR count). The standard InChI is InChI=1S/C21H26N2O3/c1-13(26)23-18-5-3-2-4-17(18)21-7-8-22-11-14(6-9-24)15(10-19(21)22)16(12-25)20(21)23/h2-6,15-16,19-20,24-25H,7-12H2,1H3. The van der Waals surface area contributed by atoms with Gasteiger partial charge in [-0.25, -0.2) is 0 Å². The van der Waals surface area contributed by atoms with E-state index in [4.69, 9.17) is 0 Å². The van der Waals surface area contributed by atoms with Crippen molar-refractivity contribution < 1.29 is 15.0 Å². The van der Waals surface area contributed by atoms with Gasteiger partial charge >= 0.3 is 0 Å². The fourth-order valence-electron chi connectivity index (χ4n) is 6.71. The van der Waals surface area contributed by atoms with Crippen LogP contribution in [-0.4, -0.2) is 59.4 Å². The summed E-state index contributed by atoms with van der Waals surface area (Å²) in [6.45, 7) is 3.64. The van der Waals surface area contributed by atoms with Gasteiger partial charge in [0.15, 0.2) is 0 Å². The van der Waals surface area contributed by atoms with E-state index in [0.29, 0.717) is 6.04 Å². The first-order chi connectivity index (χ1) is 12.6. The zero-order valence-corrected chi connectivity index (χ0v) is 15.1. The Bertz CT molecular complexity index is 791. The van der Waals surface area contributed by atoms with E-state index in [1.165, 1.54) is 11.1 Å². The first-order valence-corrected chi connectivity index (χ1v) is 9.67. The van der Waals surface area contributed by atoms with E-state index in [1.54, 1.807) is 6.92 Å². The lowest BCUT2D eigenvalue weighted by Crippen LogP contribution is -2.65. The minimum absolute atomic E-state index is 0.00135. The zero-order chi connectivity index (χ0) is 18.1. The Kier molecular flexibility index (Phi) is 3.58. The SMILES string of the molecule is CC(=O)N1c2ccccc2C23CCN4CC(=CCO)C(CC42)C(CO)C13. The summed E-state index contributed by atoms with van der Waals surface area (Å²) >= 11 is 0. The molecule has 2 saturated heterocycles. The molecular weight excluding hydrogens is 328 g/mol. The number of hydrogen-bond donors (Lipinski definition) is 2. The van der Waals surface area contributed by atoms with Gasteiger partial charge in [-0.2, -0.15) is 0 Å². The van der Waals surface area contributed by atoms with Crippen LogP contribution in [0.2, 0.25) is 0 Å². The van der Waals surface area contributed by atoms with Crippen LogP contribution in [0.15, 0.2) is 35.9 Å². The summed E-state index contributed by atoms with van der Waals surface area (Å²) in [6, 6.07) is 8.75. The molecule has 1 aromatic rings. The maximum Gasteiger partial charge on any atom is 0.224 e. The van der Waals surface area contributed by atoms with Crippen LogP contribution < -0.4 is 4.90 Å². The number of benzene rings is 1. The van der Waals surface area contributed by atoms with Gasteiger partial charge in [0.1, 0.15) is 0 Å². The van der Waals surface area contributed by atoms with Crippen molar-refractivity contribution in [2.24, 2.45) is 11.8 Å². The van der Waals surface area contributed by atoms with Crippen molar-refractivity contribution in [1.82, 2.24) is 4.90 Å². The van der Waals surface area contributed by atoms with Crippen LogP contribution in [0.25, 0.3) is 0 Å². The summed E-state index contributed by atoms with van der Waals surface area (Å²) in [6.07, 6.45) is 3.96. The van der Waals surface area contributed by atoms with Gasteiger partial charge in [0.25, 0.3) is 0 Å². The molecule has 3 fully saturated rings. The smallest absolute Gasteiger partial charge is 0.224 e. The number of aliphatic hydroxyl groups is 2. The van der Waals surface area contributed by atoms with E-state index in [-0.39, 0.29) is 42.4 Å². The number of anilines is 1. The second-order valence-electron chi connectivity index (χ2n) is 8.28. The molecule has 4 aliphatic rings. The van der Waals surface area contributed by atoms with Gasteiger partial charge in [0.05, 0.1) is 12.6 Å². The van der Waals surface area contributed by atoms with Crippen molar-refractivity contribution in [3.05, 3.63) is 41.5 Å². The van der Waals surface area contributed by atoms with Gasteiger partial charge in [0.2, 0.25) is 5.91 Å². The van der Waals surface area contributed by atoms with Crippen molar-refractivity contribution in [3.8, 4) is 0 Å². The molecule has 2 bridgehead atoms. The summed E-state index contributed by atoms with van der Waals surface area (Å²) in [5, 5.41) is 19.9. The van der Waals surface area contributed by atoms with Gasteiger partial charge in [-0.3, -0.25) is 9.69 Å². The molecule has 0 aromatic heterocycles. The minimum atomic E-state index is -0.0725. The third kappa shape index (κ3) is 1.83. The fraction of sp³-hybridized carbons (Fsp3) is 0.571. The third-order valence-corrected chi connectivity index (χ3v) is 7.48. The van der Waals surface area contributed by atoms with Crippen LogP contribution in [0.3, 0.4) is 0 Å². The lowest BCUT2D eigenvalue weighted by Gasteiger charge is -2.56. The van der Waals surface area contributed by atoms with Crippen molar-refractivity contribution in [1.29, 1.82) is 0 Å². The van der Waals surface area contributed by atoms with Crippen LogP contribution in [0, 0.1) is 11.8 Å². The first kappa shape index (κ1) is 16.5. The van der Waals surface area contributed by atoms with Crippen LogP contribution in [-0.2, 0) is 10.2 Å². The number of fused-ring (bicyclic) bond motifs is 2. The summed E-state index contributed by atoms with van der Waals surface area (Å²) in [5.41, 5.74) is 3.49. The van der Waals surface area contributed by atoms with E-state index >= 15 is 0 Å². The molecule has 3 heterocycles. The van der Waals surface area contributed by atoms with Gasteiger partial charge in [-0.05, 0) is 36.9 Å². The van der Waals surface area contributed by atoms with Crippen molar-refractivity contribution in [2.45, 2.75) is 37.3 Å². The number of hydrogen-bond acceptors (Lipinski definition) is 4. The summed E-state index contributed by atoms with van der Waals surface area (Å²) in [4.78, 5) is 17.2. The Balaban J connectivity index is 1.74. The Morgan fingerprint density at radius 1 is 1.35 bits per heavy atom. The molecule has 138 valence electrons. The highest BCUT2D eigenvalue weighted by Crippen LogP contribution is 2.63. The molecule has 26 heavy (non-hydrogen) atoms. The van der Waals surface area contributed by atoms with Gasteiger partial charge in [-0.15, -0.1) is 0 Å². The molecule has 1 saturated carbocycles. The molecule has 5 atom stereocenters. The monoisotopic (exact) mass is 354 g/mol. The van der Waals surface area contributed by atoms with E-state index < -0.39 is 0 Å². The normalized spacial score (nSPS) is 39.2. The highest BCUT2D eigenvalue weighted by molar-refractivity contribution is 5.96. The van der Waals surface area contributed by atoms with E-state index in [2.05, 4.69) is 23.1 Å². The number of carbonyl (C=O) groups is 1. The highest BCUT2D eigenvalue weighted by atomic mass is 16.3. The number of nitrogens with zero attached hydrogens (tertiary/aromatic N) is 2. The first-order valence-electron chi connectivity index (χ1n) is 9.67. The highest BCUT2D eigenvalue weighted by Gasteiger charge is 2.67. The lowest BCUT2D eigenvalue weighted by atomic mass is 9.55. The predicted molar refractivity (Wildman–Crippen MR) is 98.9 cm³/mol. The number of amides is 1. The van der Waals surface area contributed by atoms with E-state index in [9.17, 15) is 15.0 Å². The van der Waals surface area contributed by atoms with Crippen LogP contribution >= 0.6 is 0 Å². The number of para-hydroxylation sites is 1. The lowest BCUT2D eigenvalue weighted by molar-refractivity contribution is -0.118. The van der Waals surface area contributed by atoms with E-state index in [1.807, 2.05) is 17.0 Å². The summed E-state index contributed by atoms with van der Waals surface area (Å²) in [5.74, 6) is 0.310. The Morgan fingerprint density at radius 2 is 2.15 bits per heavy atom. The quantitative estimate of drug-likeness (QED) is 0.786. The molecule has 5 heteroatoms. The van der Waals surface area contributed by atoms with Crippen molar-refractivity contribution >= 4 is 11.6 Å².